The number of carbonyl (C=O) groups excluding carboxylic acids is 2. The molecule has 3 aromatic carbocycles. The number of nitrogens with one attached hydrogen (secondary N) is 2. The van der Waals surface area contributed by atoms with Gasteiger partial charge in [-0.25, -0.2) is 9.97 Å². The summed E-state index contributed by atoms with van der Waals surface area (Å²) < 4.78 is 7.08. The summed E-state index contributed by atoms with van der Waals surface area (Å²) in [5, 5.41) is 5.25. The Balaban J connectivity index is 1.25. The van der Waals surface area contributed by atoms with Crippen molar-refractivity contribution in [2.24, 2.45) is 5.92 Å². The maximum Gasteiger partial charge on any atom is 0.308 e. The van der Waals surface area contributed by atoms with Crippen LogP contribution in [0.5, 0.6) is 0 Å². The van der Waals surface area contributed by atoms with Gasteiger partial charge < -0.3 is 24.5 Å². The molecule has 8 rings (SSSR count). The number of carbonyl (C=O) groups is 2. The van der Waals surface area contributed by atoms with Crippen molar-refractivity contribution >= 4 is 57.5 Å². The number of nitrogens with zero attached hydrogens (tertiary/aromatic N) is 4. The second-order valence-corrected chi connectivity index (χ2v) is 12.9. The number of ether oxygens (including phenoxy) is 1. The van der Waals surface area contributed by atoms with E-state index in [1.165, 1.54) is 7.11 Å². The lowest BCUT2D eigenvalue weighted by atomic mass is 9.88. The number of hydrogen-bond donors (Lipinski definition) is 2. The van der Waals surface area contributed by atoms with Crippen molar-refractivity contribution in [3.63, 3.8) is 0 Å². The summed E-state index contributed by atoms with van der Waals surface area (Å²) in [6, 6.07) is 24.9. The molecule has 1 saturated heterocycles. The van der Waals surface area contributed by atoms with Gasteiger partial charge in [0.25, 0.3) is 5.91 Å². The fourth-order valence-corrected chi connectivity index (χ4v) is 7.47. The minimum absolute atomic E-state index is 0.145. The maximum absolute atomic E-state index is 14.4. The molecule has 0 aliphatic carbocycles. The molecule has 0 unspecified atom stereocenters. The number of benzene rings is 3. The molecule has 2 aliphatic heterocycles. The summed E-state index contributed by atoms with van der Waals surface area (Å²) >= 11 is 13.0. The average Bonchev–Trinajstić information content (AvgIpc) is 3.72. The zero-order valence-corrected chi connectivity index (χ0v) is 27.4. The van der Waals surface area contributed by atoms with Gasteiger partial charge in [-0.1, -0.05) is 65.7 Å². The van der Waals surface area contributed by atoms with Gasteiger partial charge in [-0.05, 0) is 60.4 Å². The van der Waals surface area contributed by atoms with Crippen LogP contribution in [-0.4, -0.2) is 51.6 Å². The summed E-state index contributed by atoms with van der Waals surface area (Å²) in [4.78, 5) is 41.7. The highest BCUT2D eigenvalue weighted by atomic mass is 35.5. The molecule has 48 heavy (non-hydrogen) atoms. The Morgan fingerprint density at radius 2 is 1.71 bits per heavy atom. The van der Waals surface area contributed by atoms with Gasteiger partial charge in [-0.2, -0.15) is 0 Å². The van der Waals surface area contributed by atoms with Crippen LogP contribution in [0.3, 0.4) is 0 Å². The fourth-order valence-electron chi connectivity index (χ4n) is 7.12. The van der Waals surface area contributed by atoms with E-state index < -0.39 is 0 Å². The molecule has 0 bridgehead atoms. The number of aromatic nitrogens is 4. The predicted octanol–water partition coefficient (Wildman–Crippen LogP) is 7.99. The number of H-pyrrole nitrogens is 1. The Kier molecular flexibility index (Phi) is 7.66. The van der Waals surface area contributed by atoms with Crippen LogP contribution in [0.1, 0.15) is 40.5 Å². The molecule has 9 nitrogen and oxygen atoms in total. The predicted molar refractivity (Wildman–Crippen MR) is 188 cm³/mol. The average molecular weight is 678 g/mol. The van der Waals surface area contributed by atoms with E-state index in [-0.39, 0.29) is 23.8 Å². The highest BCUT2D eigenvalue weighted by Crippen LogP contribution is 2.50. The molecule has 2 N–H and O–H groups in total. The number of fused-ring (bicyclic) bond motifs is 2. The smallest absolute Gasteiger partial charge is 0.308 e. The highest BCUT2D eigenvalue weighted by Gasteiger charge is 2.36. The molecule has 5 heterocycles. The molecule has 2 aliphatic rings. The van der Waals surface area contributed by atoms with Crippen LogP contribution < -0.4 is 10.2 Å². The van der Waals surface area contributed by atoms with Crippen LogP contribution in [0.15, 0.2) is 91.4 Å². The molecule has 1 fully saturated rings. The summed E-state index contributed by atoms with van der Waals surface area (Å²) in [5.74, 6) is -0.00292. The number of aromatic amines is 1. The molecule has 11 heteroatoms. The molecule has 1 amide bonds. The molecule has 240 valence electrons. The lowest BCUT2D eigenvalue weighted by molar-refractivity contribution is -0.146. The Hall–Kier alpha value is -5.12. The van der Waals surface area contributed by atoms with Gasteiger partial charge in [0.15, 0.2) is 5.82 Å². The van der Waals surface area contributed by atoms with Crippen molar-refractivity contribution in [1.29, 1.82) is 0 Å². The van der Waals surface area contributed by atoms with Gasteiger partial charge >= 0.3 is 5.97 Å². The van der Waals surface area contributed by atoms with Gasteiger partial charge in [-0.3, -0.25) is 9.59 Å². The standard InChI is InChI=1S/C37H30Cl2N6O3/c1-48-37(47)23-13-16-44(17-14-23)35-27(8-5-15-40-35)43-36(46)32-30-29-26(18-25(39)19-28(29)42-32)33(22-9-11-24(38)12-10-22)45-20-41-31(34(30)45)21-6-3-2-4-7-21/h2-12,15,18-20,23,33,42H,13-14,16-17H2,1H3,(H,43,46)/t33-/m1/s1. The number of anilines is 2. The normalized spacial score (nSPS) is 15.7. The second kappa shape index (κ2) is 12.2. The minimum Gasteiger partial charge on any atom is -0.469 e. The van der Waals surface area contributed by atoms with Gasteiger partial charge in [0.05, 0.1) is 42.5 Å². The van der Waals surface area contributed by atoms with Crippen LogP contribution in [-0.2, 0) is 9.53 Å². The summed E-state index contributed by atoms with van der Waals surface area (Å²) in [6.07, 6.45) is 4.83. The number of rotatable bonds is 6. The van der Waals surface area contributed by atoms with E-state index in [9.17, 15) is 9.59 Å². The SMILES string of the molecule is COC(=O)C1CCN(c2ncccc2NC(=O)c2[nH]c3cc(Cl)cc4c3c2-c2c(-c3ccccc3)ncn2[C@@H]4c2ccc(Cl)cc2)CC1. The largest absolute Gasteiger partial charge is 0.469 e. The fraction of sp³-hybridized carbons (Fsp3) is 0.189. The zero-order valence-electron chi connectivity index (χ0n) is 25.9. The summed E-state index contributed by atoms with van der Waals surface area (Å²) in [7, 11) is 1.42. The number of pyridine rings is 1. The molecule has 6 aromatic rings. The van der Waals surface area contributed by atoms with E-state index in [0.717, 1.165) is 44.5 Å². The number of piperidine rings is 1. The quantitative estimate of drug-likeness (QED) is 0.173. The Bertz CT molecular complexity index is 2190. The Labute approximate surface area is 286 Å². The molecule has 0 saturated carbocycles. The van der Waals surface area contributed by atoms with Crippen LogP contribution in [0, 0.1) is 5.92 Å². The first-order valence-corrected chi connectivity index (χ1v) is 16.5. The van der Waals surface area contributed by atoms with E-state index in [1.807, 2.05) is 79.1 Å². The number of esters is 1. The van der Waals surface area contributed by atoms with Crippen LogP contribution >= 0.6 is 23.2 Å². The van der Waals surface area contributed by atoms with E-state index in [1.54, 1.807) is 12.3 Å². The molecule has 1 atom stereocenters. The summed E-state index contributed by atoms with van der Waals surface area (Å²) in [6.45, 7) is 1.23. The van der Waals surface area contributed by atoms with E-state index >= 15 is 0 Å². The molecule has 3 aromatic heterocycles. The first-order chi connectivity index (χ1) is 23.4. The monoisotopic (exact) mass is 676 g/mol. The molecular weight excluding hydrogens is 647 g/mol. The van der Waals surface area contributed by atoms with Crippen LogP contribution in [0.4, 0.5) is 11.5 Å². The molecule has 0 radical (unpaired) electrons. The van der Waals surface area contributed by atoms with Crippen molar-refractivity contribution < 1.29 is 14.3 Å². The van der Waals surface area contributed by atoms with Gasteiger partial charge in [0.1, 0.15) is 5.69 Å². The lowest BCUT2D eigenvalue weighted by Gasteiger charge is -2.32. The van der Waals surface area contributed by atoms with Crippen molar-refractivity contribution in [3.8, 4) is 22.5 Å². The third kappa shape index (κ3) is 5.10. The minimum atomic E-state index is -0.321. The van der Waals surface area contributed by atoms with Crippen LogP contribution in [0.25, 0.3) is 33.4 Å². The van der Waals surface area contributed by atoms with Gasteiger partial charge in [-0.15, -0.1) is 0 Å². The van der Waals surface area contributed by atoms with E-state index in [2.05, 4.69) is 24.8 Å². The van der Waals surface area contributed by atoms with Crippen molar-refractivity contribution in [1.82, 2.24) is 19.5 Å². The van der Waals surface area contributed by atoms with E-state index in [4.69, 9.17) is 32.9 Å². The molecule has 0 spiro atoms. The topological polar surface area (TPSA) is 105 Å². The van der Waals surface area contributed by atoms with Gasteiger partial charge in [0.2, 0.25) is 0 Å². The third-order valence-corrected chi connectivity index (χ3v) is 9.79. The zero-order chi connectivity index (χ0) is 32.9. The van der Waals surface area contributed by atoms with Crippen molar-refractivity contribution in [2.75, 3.05) is 30.4 Å². The van der Waals surface area contributed by atoms with Crippen molar-refractivity contribution in [3.05, 3.63) is 118 Å². The van der Waals surface area contributed by atoms with Gasteiger partial charge in [0, 0.05) is 51.4 Å². The number of methoxy groups -OCH3 is 1. The van der Waals surface area contributed by atoms with E-state index in [0.29, 0.717) is 53.2 Å². The second-order valence-electron chi connectivity index (χ2n) is 12.1. The number of halogens is 2. The Morgan fingerprint density at radius 3 is 2.46 bits per heavy atom. The Morgan fingerprint density at radius 1 is 0.938 bits per heavy atom. The number of amides is 1. The first kappa shape index (κ1) is 30.2. The molecular formula is C37H30Cl2N6O3. The van der Waals surface area contributed by atoms with Crippen LogP contribution in [0.2, 0.25) is 10.0 Å². The number of imidazole rings is 1. The summed E-state index contributed by atoms with van der Waals surface area (Å²) in [5.41, 5.74) is 6.95. The third-order valence-electron chi connectivity index (χ3n) is 9.32. The lowest BCUT2D eigenvalue weighted by Crippen LogP contribution is -2.37. The number of hydrogen-bond acceptors (Lipinski definition) is 6. The first-order valence-electron chi connectivity index (χ1n) is 15.7. The maximum atomic E-state index is 14.4. The highest BCUT2D eigenvalue weighted by molar-refractivity contribution is 6.32. The van der Waals surface area contributed by atoms with Crippen molar-refractivity contribution in [2.45, 2.75) is 18.9 Å².